The largest absolute Gasteiger partial charge is 0.456 e. The van der Waals surface area contributed by atoms with Gasteiger partial charge in [-0.15, -0.1) is 0 Å². The molecule has 0 aliphatic rings. The zero-order valence-electron chi connectivity index (χ0n) is 10.4. The molecule has 0 radical (unpaired) electrons. The van der Waals surface area contributed by atoms with Gasteiger partial charge in [0.25, 0.3) is 0 Å². The summed E-state index contributed by atoms with van der Waals surface area (Å²) in [4.78, 5) is 0. The van der Waals surface area contributed by atoms with Crippen LogP contribution >= 0.6 is 12.6 Å². The summed E-state index contributed by atoms with van der Waals surface area (Å²) in [6.45, 7) is 2.09. The van der Waals surface area contributed by atoms with Crippen LogP contribution in [0.2, 0.25) is 0 Å². The highest BCUT2D eigenvalue weighted by Crippen LogP contribution is 2.30. The Bertz CT molecular complexity index is 697. The van der Waals surface area contributed by atoms with Gasteiger partial charge in [-0.05, 0) is 48.8 Å². The molecule has 1 aromatic heterocycles. The van der Waals surface area contributed by atoms with Gasteiger partial charge in [-0.2, -0.15) is 12.6 Å². The van der Waals surface area contributed by atoms with Crippen LogP contribution in [0.4, 0.5) is 0 Å². The first-order chi connectivity index (χ1) is 8.78. The van der Waals surface area contributed by atoms with E-state index in [2.05, 4.69) is 56.0 Å². The summed E-state index contributed by atoms with van der Waals surface area (Å²) >= 11 is 4.25. The van der Waals surface area contributed by atoms with E-state index in [1.807, 2.05) is 0 Å². The van der Waals surface area contributed by atoms with Crippen LogP contribution < -0.4 is 0 Å². The maximum Gasteiger partial charge on any atom is 0.135 e. The second-order valence-electron chi connectivity index (χ2n) is 4.76. The first-order valence-corrected chi connectivity index (χ1v) is 6.94. The monoisotopic (exact) mass is 256 g/mol. The van der Waals surface area contributed by atoms with Crippen LogP contribution in [0.5, 0.6) is 0 Å². The zero-order chi connectivity index (χ0) is 12.5. The Morgan fingerprint density at radius 2 is 1.72 bits per heavy atom. The topological polar surface area (TPSA) is 13.1 Å². The number of thiol groups is 1. The predicted molar refractivity (Wildman–Crippen MR) is 80.6 cm³/mol. The van der Waals surface area contributed by atoms with Crippen molar-refractivity contribution >= 4 is 34.6 Å². The third kappa shape index (κ3) is 2.01. The molecule has 0 spiro atoms. The van der Waals surface area contributed by atoms with Gasteiger partial charge in [-0.25, -0.2) is 0 Å². The van der Waals surface area contributed by atoms with Gasteiger partial charge in [0.1, 0.15) is 11.2 Å². The van der Waals surface area contributed by atoms with Gasteiger partial charge < -0.3 is 4.42 Å². The van der Waals surface area contributed by atoms with E-state index in [0.717, 1.165) is 29.8 Å². The van der Waals surface area contributed by atoms with Crippen molar-refractivity contribution in [2.24, 2.45) is 0 Å². The quantitative estimate of drug-likeness (QED) is 0.667. The lowest BCUT2D eigenvalue weighted by Crippen LogP contribution is -1.85. The Kier molecular flexibility index (Phi) is 3.04. The predicted octanol–water partition coefficient (Wildman–Crippen LogP) is 4.76. The Morgan fingerprint density at radius 3 is 2.50 bits per heavy atom. The number of benzene rings is 2. The van der Waals surface area contributed by atoms with Crippen LogP contribution in [0.1, 0.15) is 17.5 Å². The Labute approximate surface area is 112 Å². The van der Waals surface area contributed by atoms with E-state index in [-0.39, 0.29) is 0 Å². The van der Waals surface area contributed by atoms with Gasteiger partial charge in [0, 0.05) is 10.8 Å². The summed E-state index contributed by atoms with van der Waals surface area (Å²) in [5, 5.41) is 2.41. The number of hydrogen-bond acceptors (Lipinski definition) is 2. The molecule has 3 aromatic rings. The van der Waals surface area contributed by atoms with Crippen molar-refractivity contribution in [3.63, 3.8) is 0 Å². The van der Waals surface area contributed by atoms with Gasteiger partial charge >= 0.3 is 0 Å². The minimum Gasteiger partial charge on any atom is -0.456 e. The van der Waals surface area contributed by atoms with Crippen LogP contribution in [0.25, 0.3) is 21.9 Å². The first-order valence-electron chi connectivity index (χ1n) is 6.30. The minimum atomic E-state index is 0.928. The van der Waals surface area contributed by atoms with Crippen LogP contribution in [-0.4, -0.2) is 5.75 Å². The second-order valence-corrected chi connectivity index (χ2v) is 5.21. The lowest BCUT2D eigenvalue weighted by Gasteiger charge is -1.98. The fourth-order valence-corrected chi connectivity index (χ4v) is 2.53. The van der Waals surface area contributed by atoms with E-state index in [1.165, 1.54) is 21.9 Å². The van der Waals surface area contributed by atoms with Gasteiger partial charge in [0.15, 0.2) is 0 Å². The van der Waals surface area contributed by atoms with Gasteiger partial charge in [0.05, 0.1) is 0 Å². The van der Waals surface area contributed by atoms with Crippen molar-refractivity contribution < 1.29 is 4.42 Å². The van der Waals surface area contributed by atoms with E-state index in [0.29, 0.717) is 0 Å². The van der Waals surface area contributed by atoms with Crippen molar-refractivity contribution in [3.05, 3.63) is 47.5 Å². The third-order valence-corrected chi connectivity index (χ3v) is 3.63. The van der Waals surface area contributed by atoms with E-state index in [1.54, 1.807) is 0 Å². The second kappa shape index (κ2) is 4.69. The molecule has 0 amide bonds. The number of aryl methyl sites for hydroxylation is 2. The van der Waals surface area contributed by atoms with E-state index in [4.69, 9.17) is 4.42 Å². The first kappa shape index (κ1) is 11.7. The summed E-state index contributed by atoms with van der Waals surface area (Å²) in [7, 11) is 0. The fourth-order valence-electron chi connectivity index (χ4n) is 2.37. The summed E-state index contributed by atoms with van der Waals surface area (Å²) in [6, 6.07) is 12.9. The molecular formula is C16H16OS. The summed E-state index contributed by atoms with van der Waals surface area (Å²) < 4.78 is 5.93. The SMILES string of the molecule is Cc1ccc2c(c1)oc1cc(CCCS)ccc12. The van der Waals surface area contributed by atoms with E-state index in [9.17, 15) is 0 Å². The smallest absolute Gasteiger partial charge is 0.135 e. The third-order valence-electron chi connectivity index (χ3n) is 3.32. The number of furan rings is 1. The van der Waals surface area contributed by atoms with Crippen molar-refractivity contribution in [1.29, 1.82) is 0 Å². The molecule has 1 heterocycles. The lowest BCUT2D eigenvalue weighted by molar-refractivity contribution is 0.667. The molecule has 0 atom stereocenters. The molecule has 92 valence electrons. The molecular weight excluding hydrogens is 240 g/mol. The molecule has 0 unspecified atom stereocenters. The van der Waals surface area contributed by atoms with Crippen LogP contribution in [0, 0.1) is 6.92 Å². The standard InChI is InChI=1S/C16H16OS/c1-11-4-6-13-14-7-5-12(3-2-8-18)10-16(14)17-15(13)9-11/h4-7,9-10,18H,2-3,8H2,1H3. The Morgan fingerprint density at radius 1 is 1.00 bits per heavy atom. The highest BCUT2D eigenvalue weighted by molar-refractivity contribution is 7.80. The maximum absolute atomic E-state index is 5.93. The van der Waals surface area contributed by atoms with Crippen LogP contribution in [0.15, 0.2) is 40.8 Å². The summed E-state index contributed by atoms with van der Waals surface area (Å²) in [5.41, 5.74) is 4.53. The summed E-state index contributed by atoms with van der Waals surface area (Å²) in [5.74, 6) is 0.928. The highest BCUT2D eigenvalue weighted by Gasteiger charge is 2.07. The molecule has 0 saturated carbocycles. The molecule has 2 heteroatoms. The summed E-state index contributed by atoms with van der Waals surface area (Å²) in [6.07, 6.45) is 2.17. The van der Waals surface area contributed by atoms with Crippen molar-refractivity contribution in [1.82, 2.24) is 0 Å². The zero-order valence-corrected chi connectivity index (χ0v) is 11.3. The lowest BCUT2D eigenvalue weighted by atomic mass is 10.1. The molecule has 18 heavy (non-hydrogen) atoms. The van der Waals surface area contributed by atoms with Crippen molar-refractivity contribution in [3.8, 4) is 0 Å². The number of hydrogen-bond donors (Lipinski definition) is 1. The molecule has 0 fully saturated rings. The Hall–Kier alpha value is -1.41. The average Bonchev–Trinajstić information content (AvgIpc) is 2.72. The molecule has 0 aliphatic heterocycles. The number of fused-ring (bicyclic) bond motifs is 3. The fraction of sp³-hybridized carbons (Fsp3) is 0.250. The maximum atomic E-state index is 5.93. The van der Waals surface area contributed by atoms with Crippen LogP contribution in [0.3, 0.4) is 0 Å². The normalized spacial score (nSPS) is 11.4. The molecule has 3 rings (SSSR count). The molecule has 0 bridgehead atoms. The van der Waals surface area contributed by atoms with Crippen molar-refractivity contribution in [2.75, 3.05) is 5.75 Å². The molecule has 0 N–H and O–H groups in total. The van der Waals surface area contributed by atoms with Gasteiger partial charge in [0.2, 0.25) is 0 Å². The minimum absolute atomic E-state index is 0.928. The molecule has 1 nitrogen and oxygen atoms in total. The van der Waals surface area contributed by atoms with Crippen molar-refractivity contribution in [2.45, 2.75) is 19.8 Å². The Balaban J connectivity index is 2.14. The van der Waals surface area contributed by atoms with Crippen LogP contribution in [-0.2, 0) is 6.42 Å². The van der Waals surface area contributed by atoms with E-state index >= 15 is 0 Å². The molecule has 2 aromatic carbocycles. The van der Waals surface area contributed by atoms with Gasteiger partial charge in [-0.1, -0.05) is 24.3 Å². The van der Waals surface area contributed by atoms with Gasteiger partial charge in [-0.3, -0.25) is 0 Å². The molecule has 0 saturated heterocycles. The average molecular weight is 256 g/mol. The highest BCUT2D eigenvalue weighted by atomic mass is 32.1. The number of rotatable bonds is 3. The molecule has 0 aliphatic carbocycles. The van der Waals surface area contributed by atoms with E-state index < -0.39 is 0 Å².